The molecule has 1 aromatic rings. The SMILES string of the molecule is CC1NCCCC1Nc1ccc(C(N)=O)cc1Cl. The number of amides is 1. The molecule has 1 aromatic carbocycles. The van der Waals surface area contributed by atoms with E-state index in [9.17, 15) is 4.79 Å². The number of piperidine rings is 1. The van der Waals surface area contributed by atoms with E-state index in [-0.39, 0.29) is 0 Å². The van der Waals surface area contributed by atoms with Crippen molar-refractivity contribution >= 4 is 23.2 Å². The number of anilines is 1. The second-order valence-electron chi connectivity index (χ2n) is 4.69. The zero-order valence-corrected chi connectivity index (χ0v) is 11.1. The molecular weight excluding hydrogens is 250 g/mol. The zero-order valence-electron chi connectivity index (χ0n) is 10.4. The molecular formula is C13H18ClN3O. The van der Waals surface area contributed by atoms with Crippen LogP contribution in [0.4, 0.5) is 5.69 Å². The predicted octanol–water partition coefficient (Wildman–Crippen LogP) is 1.99. The van der Waals surface area contributed by atoms with E-state index >= 15 is 0 Å². The van der Waals surface area contributed by atoms with Crippen LogP contribution in [-0.2, 0) is 0 Å². The third kappa shape index (κ3) is 2.94. The van der Waals surface area contributed by atoms with Crippen LogP contribution in [0.15, 0.2) is 18.2 Å². The van der Waals surface area contributed by atoms with Crippen LogP contribution in [-0.4, -0.2) is 24.5 Å². The van der Waals surface area contributed by atoms with E-state index < -0.39 is 5.91 Å². The summed E-state index contributed by atoms with van der Waals surface area (Å²) in [7, 11) is 0. The van der Waals surface area contributed by atoms with Gasteiger partial charge in [0, 0.05) is 17.6 Å². The Morgan fingerprint density at radius 1 is 1.56 bits per heavy atom. The maximum absolute atomic E-state index is 11.0. The van der Waals surface area contributed by atoms with E-state index in [1.807, 2.05) is 6.07 Å². The van der Waals surface area contributed by atoms with Gasteiger partial charge in [-0.2, -0.15) is 0 Å². The number of carbonyl (C=O) groups is 1. The van der Waals surface area contributed by atoms with Crippen molar-refractivity contribution < 1.29 is 4.79 Å². The molecule has 0 aromatic heterocycles. The summed E-state index contributed by atoms with van der Waals surface area (Å²) in [5, 5.41) is 7.37. The van der Waals surface area contributed by atoms with Crippen LogP contribution in [0.5, 0.6) is 0 Å². The summed E-state index contributed by atoms with van der Waals surface area (Å²) in [6.45, 7) is 3.22. The number of halogens is 1. The van der Waals surface area contributed by atoms with Crippen molar-refractivity contribution in [2.24, 2.45) is 5.73 Å². The summed E-state index contributed by atoms with van der Waals surface area (Å²) in [6, 6.07) is 5.87. The topological polar surface area (TPSA) is 67.2 Å². The Labute approximate surface area is 112 Å². The summed E-state index contributed by atoms with van der Waals surface area (Å²) in [5.41, 5.74) is 6.49. The van der Waals surface area contributed by atoms with Gasteiger partial charge in [-0.25, -0.2) is 0 Å². The van der Waals surface area contributed by atoms with E-state index in [0.717, 1.165) is 25.1 Å². The number of carbonyl (C=O) groups excluding carboxylic acids is 1. The smallest absolute Gasteiger partial charge is 0.248 e. The van der Waals surface area contributed by atoms with Crippen molar-refractivity contribution in [3.63, 3.8) is 0 Å². The van der Waals surface area contributed by atoms with Crippen molar-refractivity contribution in [2.75, 3.05) is 11.9 Å². The molecule has 2 unspecified atom stereocenters. The standard InChI is InChI=1S/C13H18ClN3O/c1-8-11(3-2-6-16-8)17-12-5-4-9(13(15)18)7-10(12)14/h4-5,7-8,11,16-17H,2-3,6H2,1H3,(H2,15,18). The Kier molecular flexibility index (Phi) is 4.09. The van der Waals surface area contributed by atoms with Gasteiger partial charge in [0.15, 0.2) is 0 Å². The van der Waals surface area contributed by atoms with Gasteiger partial charge in [-0.3, -0.25) is 4.79 Å². The number of hydrogen-bond donors (Lipinski definition) is 3. The summed E-state index contributed by atoms with van der Waals surface area (Å²) >= 11 is 6.15. The lowest BCUT2D eigenvalue weighted by molar-refractivity contribution is 0.100. The van der Waals surface area contributed by atoms with Crippen LogP contribution in [0.25, 0.3) is 0 Å². The Morgan fingerprint density at radius 2 is 2.33 bits per heavy atom. The van der Waals surface area contributed by atoms with Crippen LogP contribution < -0.4 is 16.4 Å². The fourth-order valence-electron chi connectivity index (χ4n) is 2.23. The van der Waals surface area contributed by atoms with Gasteiger partial charge in [-0.05, 0) is 44.5 Å². The van der Waals surface area contributed by atoms with Crippen LogP contribution >= 0.6 is 11.6 Å². The fourth-order valence-corrected chi connectivity index (χ4v) is 2.46. The van der Waals surface area contributed by atoms with Crippen molar-refractivity contribution in [2.45, 2.75) is 31.8 Å². The lowest BCUT2D eigenvalue weighted by atomic mass is 9.99. The molecule has 2 rings (SSSR count). The molecule has 0 bridgehead atoms. The lowest BCUT2D eigenvalue weighted by Crippen LogP contribution is -2.46. The quantitative estimate of drug-likeness (QED) is 0.785. The second kappa shape index (κ2) is 5.59. The Balaban J connectivity index is 2.11. The van der Waals surface area contributed by atoms with E-state index in [2.05, 4.69) is 17.6 Å². The lowest BCUT2D eigenvalue weighted by Gasteiger charge is -2.31. The number of rotatable bonds is 3. The molecule has 1 aliphatic heterocycles. The predicted molar refractivity (Wildman–Crippen MR) is 74.1 cm³/mol. The highest BCUT2D eigenvalue weighted by Crippen LogP contribution is 2.25. The maximum Gasteiger partial charge on any atom is 0.248 e. The van der Waals surface area contributed by atoms with Gasteiger partial charge >= 0.3 is 0 Å². The molecule has 0 aliphatic carbocycles. The highest BCUT2D eigenvalue weighted by Gasteiger charge is 2.21. The summed E-state index contributed by atoms with van der Waals surface area (Å²) in [6.07, 6.45) is 2.26. The first-order valence-corrected chi connectivity index (χ1v) is 6.55. The van der Waals surface area contributed by atoms with Gasteiger partial charge in [-0.1, -0.05) is 11.6 Å². The number of nitrogens with one attached hydrogen (secondary N) is 2. The zero-order chi connectivity index (χ0) is 13.1. The monoisotopic (exact) mass is 267 g/mol. The maximum atomic E-state index is 11.0. The van der Waals surface area contributed by atoms with Gasteiger partial charge in [0.05, 0.1) is 10.7 Å². The van der Waals surface area contributed by atoms with Gasteiger partial charge < -0.3 is 16.4 Å². The highest BCUT2D eigenvalue weighted by molar-refractivity contribution is 6.33. The first-order valence-electron chi connectivity index (χ1n) is 6.17. The highest BCUT2D eigenvalue weighted by atomic mass is 35.5. The first-order chi connectivity index (χ1) is 8.58. The number of nitrogens with two attached hydrogens (primary N) is 1. The molecule has 0 saturated carbocycles. The van der Waals surface area contributed by atoms with Gasteiger partial charge in [0.25, 0.3) is 0 Å². The van der Waals surface area contributed by atoms with Gasteiger partial charge in [0.1, 0.15) is 0 Å². The number of primary amides is 1. The minimum absolute atomic E-state index is 0.357. The Hall–Kier alpha value is -1.26. The van der Waals surface area contributed by atoms with E-state index in [0.29, 0.717) is 22.7 Å². The molecule has 1 amide bonds. The van der Waals surface area contributed by atoms with Crippen LogP contribution in [0.3, 0.4) is 0 Å². The second-order valence-corrected chi connectivity index (χ2v) is 5.10. The normalized spacial score (nSPS) is 23.7. The molecule has 1 fully saturated rings. The minimum Gasteiger partial charge on any atom is -0.380 e. The average Bonchev–Trinajstić information content (AvgIpc) is 2.34. The molecule has 4 nitrogen and oxygen atoms in total. The third-order valence-electron chi connectivity index (χ3n) is 3.36. The average molecular weight is 268 g/mol. The summed E-state index contributed by atoms with van der Waals surface area (Å²) in [4.78, 5) is 11.0. The third-order valence-corrected chi connectivity index (χ3v) is 3.67. The number of hydrogen-bond acceptors (Lipinski definition) is 3. The molecule has 1 heterocycles. The van der Waals surface area contributed by atoms with Crippen molar-refractivity contribution in [3.05, 3.63) is 28.8 Å². The van der Waals surface area contributed by atoms with Gasteiger partial charge in [-0.15, -0.1) is 0 Å². The molecule has 1 saturated heterocycles. The summed E-state index contributed by atoms with van der Waals surface area (Å²) in [5.74, 6) is -0.462. The molecule has 18 heavy (non-hydrogen) atoms. The Morgan fingerprint density at radius 3 is 2.94 bits per heavy atom. The molecule has 1 aliphatic rings. The van der Waals surface area contributed by atoms with E-state index in [4.69, 9.17) is 17.3 Å². The molecule has 5 heteroatoms. The van der Waals surface area contributed by atoms with E-state index in [1.54, 1.807) is 12.1 Å². The Bertz CT molecular complexity index is 450. The largest absolute Gasteiger partial charge is 0.380 e. The molecule has 4 N–H and O–H groups in total. The van der Waals surface area contributed by atoms with Crippen LogP contribution in [0.1, 0.15) is 30.1 Å². The molecule has 98 valence electrons. The van der Waals surface area contributed by atoms with Crippen LogP contribution in [0.2, 0.25) is 5.02 Å². The van der Waals surface area contributed by atoms with Gasteiger partial charge in [0.2, 0.25) is 5.91 Å². The van der Waals surface area contributed by atoms with Crippen molar-refractivity contribution in [1.82, 2.24) is 5.32 Å². The number of benzene rings is 1. The first kappa shape index (κ1) is 13.2. The minimum atomic E-state index is -0.462. The fraction of sp³-hybridized carbons (Fsp3) is 0.462. The van der Waals surface area contributed by atoms with Crippen molar-refractivity contribution in [1.29, 1.82) is 0 Å². The van der Waals surface area contributed by atoms with Crippen molar-refractivity contribution in [3.8, 4) is 0 Å². The van der Waals surface area contributed by atoms with E-state index in [1.165, 1.54) is 0 Å². The molecule has 0 radical (unpaired) electrons. The molecule has 2 atom stereocenters. The summed E-state index contributed by atoms with van der Waals surface area (Å²) < 4.78 is 0. The molecule has 0 spiro atoms. The van der Waals surface area contributed by atoms with Crippen LogP contribution in [0, 0.1) is 0 Å².